The molecule has 0 aliphatic heterocycles. The monoisotopic (exact) mass is 370 g/mol. The van der Waals surface area contributed by atoms with Crippen molar-refractivity contribution in [2.75, 3.05) is 7.11 Å². The summed E-state index contributed by atoms with van der Waals surface area (Å²) in [7, 11) is 1.21. The number of esters is 1. The highest BCUT2D eigenvalue weighted by atomic mass is 16.5. The minimum atomic E-state index is -0.792. The second kappa shape index (κ2) is 7.25. The van der Waals surface area contributed by atoms with Crippen LogP contribution in [0.3, 0.4) is 0 Å². The van der Waals surface area contributed by atoms with Crippen LogP contribution >= 0.6 is 0 Å². The Morgan fingerprint density at radius 3 is 2.36 bits per heavy atom. The molecule has 6 heteroatoms. The predicted molar refractivity (Wildman–Crippen MR) is 103 cm³/mol. The summed E-state index contributed by atoms with van der Waals surface area (Å²) in [6.45, 7) is 0. The Morgan fingerprint density at radius 2 is 1.68 bits per heavy atom. The van der Waals surface area contributed by atoms with E-state index < -0.39 is 11.7 Å². The standard InChI is InChI=1S/C22H14N2O4/c1-27-22(26)18-19(25)20-17(24-21(28-20)15-10-6-3-7-11-15)16(23-18)13-12-14-8-4-2-5-9-14/h2-11,25H,1H3. The number of rotatable bonds is 2. The van der Waals surface area contributed by atoms with Crippen molar-refractivity contribution in [1.29, 1.82) is 0 Å². The summed E-state index contributed by atoms with van der Waals surface area (Å²) < 4.78 is 10.4. The van der Waals surface area contributed by atoms with Crippen molar-refractivity contribution in [2.24, 2.45) is 0 Å². The van der Waals surface area contributed by atoms with E-state index in [9.17, 15) is 9.90 Å². The first-order valence-electron chi connectivity index (χ1n) is 8.41. The molecule has 2 aromatic heterocycles. The van der Waals surface area contributed by atoms with E-state index in [0.29, 0.717) is 0 Å². The van der Waals surface area contributed by atoms with Gasteiger partial charge in [0.15, 0.2) is 11.4 Å². The molecule has 0 saturated heterocycles. The summed E-state index contributed by atoms with van der Waals surface area (Å²) in [5.41, 5.74) is 1.74. The fourth-order valence-corrected chi connectivity index (χ4v) is 2.65. The van der Waals surface area contributed by atoms with Crippen LogP contribution in [0, 0.1) is 11.8 Å². The van der Waals surface area contributed by atoms with Crippen LogP contribution in [0.25, 0.3) is 22.6 Å². The third-order valence-electron chi connectivity index (χ3n) is 4.01. The van der Waals surface area contributed by atoms with Crippen molar-refractivity contribution in [1.82, 2.24) is 9.97 Å². The first-order chi connectivity index (χ1) is 13.7. The van der Waals surface area contributed by atoms with Gasteiger partial charge in [-0.2, -0.15) is 0 Å². The summed E-state index contributed by atoms with van der Waals surface area (Å²) in [5, 5.41) is 10.5. The molecule has 2 heterocycles. The lowest BCUT2D eigenvalue weighted by molar-refractivity contribution is 0.0590. The van der Waals surface area contributed by atoms with Gasteiger partial charge in [0.25, 0.3) is 0 Å². The second-order valence-electron chi connectivity index (χ2n) is 5.83. The maximum Gasteiger partial charge on any atom is 0.360 e. The molecule has 0 aliphatic rings. The van der Waals surface area contributed by atoms with Crippen LogP contribution in [-0.2, 0) is 4.74 Å². The van der Waals surface area contributed by atoms with Crippen LogP contribution in [0.1, 0.15) is 21.7 Å². The minimum Gasteiger partial charge on any atom is -0.503 e. The Bertz CT molecular complexity index is 1220. The molecule has 0 amide bonds. The number of aromatic nitrogens is 2. The number of methoxy groups -OCH3 is 1. The molecule has 0 atom stereocenters. The lowest BCUT2D eigenvalue weighted by Gasteiger charge is -2.02. The van der Waals surface area contributed by atoms with E-state index in [0.717, 1.165) is 11.1 Å². The molecule has 28 heavy (non-hydrogen) atoms. The predicted octanol–water partition coefficient (Wildman–Crippen LogP) is 3.78. The highest BCUT2D eigenvalue weighted by Crippen LogP contribution is 2.33. The van der Waals surface area contributed by atoms with E-state index in [1.54, 1.807) is 0 Å². The van der Waals surface area contributed by atoms with Gasteiger partial charge in [-0.1, -0.05) is 42.3 Å². The number of fused-ring (bicyclic) bond motifs is 1. The van der Waals surface area contributed by atoms with Crippen molar-refractivity contribution in [3.8, 4) is 29.0 Å². The number of ether oxygens (including phenoxy) is 1. The van der Waals surface area contributed by atoms with Gasteiger partial charge in [0.1, 0.15) is 11.2 Å². The van der Waals surface area contributed by atoms with Gasteiger partial charge in [0.05, 0.1) is 7.11 Å². The normalized spacial score (nSPS) is 10.3. The molecule has 0 radical (unpaired) electrons. The Balaban J connectivity index is 1.94. The smallest absolute Gasteiger partial charge is 0.360 e. The number of nitrogens with zero attached hydrogens (tertiary/aromatic N) is 2. The van der Waals surface area contributed by atoms with Crippen molar-refractivity contribution in [2.45, 2.75) is 0 Å². The number of aromatic hydroxyl groups is 1. The van der Waals surface area contributed by atoms with E-state index in [1.807, 2.05) is 60.7 Å². The largest absolute Gasteiger partial charge is 0.503 e. The van der Waals surface area contributed by atoms with Gasteiger partial charge in [0, 0.05) is 11.1 Å². The molecule has 6 nitrogen and oxygen atoms in total. The maximum atomic E-state index is 12.0. The molecular weight excluding hydrogens is 356 g/mol. The molecule has 136 valence electrons. The molecule has 4 aromatic rings. The van der Waals surface area contributed by atoms with E-state index in [4.69, 9.17) is 9.15 Å². The average molecular weight is 370 g/mol. The number of hydrogen-bond donors (Lipinski definition) is 1. The lowest BCUT2D eigenvalue weighted by Crippen LogP contribution is -2.06. The van der Waals surface area contributed by atoms with E-state index in [1.165, 1.54) is 7.11 Å². The Kier molecular flexibility index (Phi) is 4.48. The van der Waals surface area contributed by atoms with Crippen LogP contribution in [0.5, 0.6) is 5.75 Å². The van der Waals surface area contributed by atoms with E-state index in [-0.39, 0.29) is 28.4 Å². The number of carbonyl (C=O) groups excluding carboxylic acids is 1. The van der Waals surface area contributed by atoms with Crippen molar-refractivity contribution in [3.63, 3.8) is 0 Å². The van der Waals surface area contributed by atoms with Crippen molar-refractivity contribution < 1.29 is 19.1 Å². The summed E-state index contributed by atoms with van der Waals surface area (Å²) in [6.07, 6.45) is 0. The van der Waals surface area contributed by atoms with Crippen molar-refractivity contribution in [3.05, 3.63) is 77.6 Å². The zero-order chi connectivity index (χ0) is 19.5. The van der Waals surface area contributed by atoms with Crippen molar-refractivity contribution >= 4 is 17.1 Å². The molecular formula is C22H14N2O4. The van der Waals surface area contributed by atoms with E-state index >= 15 is 0 Å². The van der Waals surface area contributed by atoms with Gasteiger partial charge in [-0.3, -0.25) is 0 Å². The quantitative estimate of drug-likeness (QED) is 0.427. The maximum absolute atomic E-state index is 12.0. The number of hydrogen-bond acceptors (Lipinski definition) is 6. The summed E-state index contributed by atoms with van der Waals surface area (Å²) in [6, 6.07) is 18.5. The number of oxazole rings is 1. The molecule has 0 aliphatic carbocycles. The second-order valence-corrected chi connectivity index (χ2v) is 5.83. The molecule has 4 rings (SSSR count). The third kappa shape index (κ3) is 3.17. The zero-order valence-corrected chi connectivity index (χ0v) is 14.8. The number of pyridine rings is 1. The summed E-state index contributed by atoms with van der Waals surface area (Å²) in [4.78, 5) is 20.6. The minimum absolute atomic E-state index is 0.0339. The van der Waals surface area contributed by atoms with Gasteiger partial charge in [0.2, 0.25) is 11.5 Å². The van der Waals surface area contributed by atoms with E-state index in [2.05, 4.69) is 21.8 Å². The fourth-order valence-electron chi connectivity index (χ4n) is 2.65. The van der Waals surface area contributed by atoms with Crippen LogP contribution < -0.4 is 0 Å². The summed E-state index contributed by atoms with van der Waals surface area (Å²) >= 11 is 0. The van der Waals surface area contributed by atoms with Gasteiger partial charge in [-0.25, -0.2) is 14.8 Å². The van der Waals surface area contributed by atoms with Gasteiger partial charge in [-0.05, 0) is 30.2 Å². The van der Waals surface area contributed by atoms with Gasteiger partial charge in [-0.15, -0.1) is 0 Å². The SMILES string of the molecule is COC(=O)c1nc(C#Cc2ccccc2)c2nc(-c3ccccc3)oc2c1O. The molecule has 2 aromatic carbocycles. The molecule has 0 saturated carbocycles. The molecule has 1 N–H and O–H groups in total. The van der Waals surface area contributed by atoms with Crippen LogP contribution in [0.2, 0.25) is 0 Å². The van der Waals surface area contributed by atoms with Crippen LogP contribution in [0.15, 0.2) is 65.1 Å². The lowest BCUT2D eigenvalue weighted by atomic mass is 10.2. The Hall–Kier alpha value is -4.11. The fraction of sp³-hybridized carbons (Fsp3) is 0.0455. The van der Waals surface area contributed by atoms with Gasteiger partial charge >= 0.3 is 5.97 Å². The molecule has 0 fully saturated rings. The highest BCUT2D eigenvalue weighted by Gasteiger charge is 2.24. The summed E-state index contributed by atoms with van der Waals surface area (Å²) in [5.74, 6) is 4.96. The first kappa shape index (κ1) is 17.3. The average Bonchev–Trinajstić information content (AvgIpc) is 3.20. The van der Waals surface area contributed by atoms with Crippen LogP contribution in [0.4, 0.5) is 0 Å². The molecule has 0 unspecified atom stereocenters. The highest BCUT2D eigenvalue weighted by molar-refractivity contribution is 5.98. The Labute approximate surface area is 160 Å². The first-order valence-corrected chi connectivity index (χ1v) is 8.41. The third-order valence-corrected chi connectivity index (χ3v) is 4.01. The molecule has 0 spiro atoms. The Morgan fingerprint density at radius 1 is 1.00 bits per heavy atom. The van der Waals surface area contributed by atoms with Gasteiger partial charge < -0.3 is 14.3 Å². The topological polar surface area (TPSA) is 85.5 Å². The van der Waals surface area contributed by atoms with Crippen LogP contribution in [-0.4, -0.2) is 28.2 Å². The zero-order valence-electron chi connectivity index (χ0n) is 14.8. The number of benzene rings is 2. The molecule has 0 bridgehead atoms. The number of carbonyl (C=O) groups is 1.